The summed E-state index contributed by atoms with van der Waals surface area (Å²) in [5.41, 5.74) is 3.05. The van der Waals surface area contributed by atoms with Gasteiger partial charge >= 0.3 is 0 Å². The summed E-state index contributed by atoms with van der Waals surface area (Å²) in [4.78, 5) is 24.9. The minimum Gasteiger partial charge on any atom is -0.371 e. The third kappa shape index (κ3) is 5.67. The van der Waals surface area contributed by atoms with Gasteiger partial charge in [-0.15, -0.1) is 0 Å². The molecule has 29 heavy (non-hydrogen) atoms. The first-order valence-corrected chi connectivity index (χ1v) is 10.0. The van der Waals surface area contributed by atoms with Crippen molar-refractivity contribution in [3.8, 4) is 0 Å². The highest BCUT2D eigenvalue weighted by molar-refractivity contribution is 5.92. The lowest BCUT2D eigenvalue weighted by atomic mass is 9.99. The van der Waals surface area contributed by atoms with Crippen LogP contribution in [0.1, 0.15) is 43.9 Å². The second-order valence-corrected chi connectivity index (χ2v) is 7.70. The average molecular weight is 393 g/mol. The van der Waals surface area contributed by atoms with Crippen LogP contribution in [0.25, 0.3) is 6.08 Å². The summed E-state index contributed by atoms with van der Waals surface area (Å²) in [6.07, 6.45) is 5.62. The number of hydrogen-bond donors (Lipinski definition) is 1. The maximum absolute atomic E-state index is 12.2. The van der Waals surface area contributed by atoms with Crippen molar-refractivity contribution in [2.45, 2.75) is 32.7 Å². The van der Waals surface area contributed by atoms with E-state index in [1.807, 2.05) is 6.92 Å². The first-order valence-electron chi connectivity index (χ1n) is 10.0. The van der Waals surface area contributed by atoms with Crippen LogP contribution in [0.5, 0.6) is 0 Å². The van der Waals surface area contributed by atoms with Gasteiger partial charge in [0.2, 0.25) is 5.91 Å². The standard InChI is InChI=1S/C23H27N3O3/c1-17-4-3-15-25(16-17)21-12-8-20(9-13-21)18(2)24-23(27)14-7-19-5-10-22(11-6-19)26(28)29/h5-14,17-18H,3-4,15-16H2,1-2H3,(H,24,27)/b14-7+/t17-,18-/m1/s1. The molecule has 1 saturated heterocycles. The summed E-state index contributed by atoms with van der Waals surface area (Å²) >= 11 is 0. The Kier molecular flexibility index (Phi) is 6.65. The number of hydrogen-bond acceptors (Lipinski definition) is 4. The molecule has 1 fully saturated rings. The van der Waals surface area contributed by atoms with Gasteiger partial charge in [0.15, 0.2) is 0 Å². The first-order chi connectivity index (χ1) is 13.9. The highest BCUT2D eigenvalue weighted by atomic mass is 16.6. The number of nitrogens with one attached hydrogen (secondary N) is 1. The Balaban J connectivity index is 1.55. The molecule has 1 N–H and O–H groups in total. The summed E-state index contributed by atoms with van der Waals surface area (Å²) in [5, 5.41) is 13.6. The molecule has 1 heterocycles. The normalized spacial score (nSPS) is 17.9. The number of rotatable bonds is 6. The molecule has 1 aliphatic rings. The number of amides is 1. The third-order valence-electron chi connectivity index (χ3n) is 5.31. The zero-order valence-corrected chi connectivity index (χ0v) is 16.9. The lowest BCUT2D eigenvalue weighted by Gasteiger charge is -2.33. The molecule has 1 amide bonds. The lowest BCUT2D eigenvalue weighted by Crippen LogP contribution is -2.34. The number of nitro groups is 1. The third-order valence-corrected chi connectivity index (χ3v) is 5.31. The lowest BCUT2D eigenvalue weighted by molar-refractivity contribution is -0.384. The van der Waals surface area contributed by atoms with Gasteiger partial charge in [0.05, 0.1) is 11.0 Å². The monoisotopic (exact) mass is 393 g/mol. The van der Waals surface area contributed by atoms with Crippen LogP contribution in [-0.4, -0.2) is 23.9 Å². The Hall–Kier alpha value is -3.15. The molecule has 0 radical (unpaired) electrons. The van der Waals surface area contributed by atoms with E-state index in [-0.39, 0.29) is 17.6 Å². The Morgan fingerprint density at radius 3 is 2.52 bits per heavy atom. The largest absolute Gasteiger partial charge is 0.371 e. The molecule has 0 unspecified atom stereocenters. The molecule has 0 aromatic heterocycles. The van der Waals surface area contributed by atoms with E-state index in [1.54, 1.807) is 18.2 Å². The van der Waals surface area contributed by atoms with E-state index in [9.17, 15) is 14.9 Å². The molecule has 1 aliphatic heterocycles. The Labute approximate surface area is 171 Å². The van der Waals surface area contributed by atoms with Crippen LogP contribution >= 0.6 is 0 Å². The summed E-state index contributed by atoms with van der Waals surface area (Å²) < 4.78 is 0. The Bertz CT molecular complexity index is 875. The van der Waals surface area contributed by atoms with Crippen molar-refractivity contribution in [3.05, 3.63) is 75.8 Å². The quantitative estimate of drug-likeness (QED) is 0.438. The zero-order valence-electron chi connectivity index (χ0n) is 16.9. The molecule has 6 nitrogen and oxygen atoms in total. The van der Waals surface area contributed by atoms with Crippen molar-refractivity contribution in [1.82, 2.24) is 5.32 Å². The van der Waals surface area contributed by atoms with Gasteiger partial charge in [-0.3, -0.25) is 14.9 Å². The number of carbonyl (C=O) groups is 1. The molecule has 2 atom stereocenters. The Morgan fingerprint density at radius 1 is 1.21 bits per heavy atom. The number of nitrogens with zero attached hydrogens (tertiary/aromatic N) is 2. The summed E-state index contributed by atoms with van der Waals surface area (Å²) in [7, 11) is 0. The van der Waals surface area contributed by atoms with Crippen LogP contribution in [0.15, 0.2) is 54.6 Å². The van der Waals surface area contributed by atoms with Crippen molar-refractivity contribution < 1.29 is 9.72 Å². The van der Waals surface area contributed by atoms with E-state index in [1.165, 1.54) is 36.7 Å². The highest BCUT2D eigenvalue weighted by Gasteiger charge is 2.17. The number of benzene rings is 2. The van der Waals surface area contributed by atoms with Crippen molar-refractivity contribution >= 4 is 23.4 Å². The molecular weight excluding hydrogens is 366 g/mol. The first kappa shape index (κ1) is 20.6. The van der Waals surface area contributed by atoms with Crippen LogP contribution in [0.3, 0.4) is 0 Å². The molecular formula is C23H27N3O3. The fourth-order valence-electron chi connectivity index (χ4n) is 3.62. The van der Waals surface area contributed by atoms with Gasteiger partial charge in [-0.25, -0.2) is 0 Å². The zero-order chi connectivity index (χ0) is 20.8. The Morgan fingerprint density at radius 2 is 1.90 bits per heavy atom. The highest BCUT2D eigenvalue weighted by Crippen LogP contribution is 2.24. The van der Waals surface area contributed by atoms with Crippen LogP contribution < -0.4 is 10.2 Å². The van der Waals surface area contributed by atoms with Gasteiger partial charge in [0.1, 0.15) is 0 Å². The SMILES string of the molecule is C[C@@H]1CCCN(c2ccc([C@@H](C)NC(=O)/C=C/c3ccc([N+](=O)[O-])cc3)cc2)C1. The second-order valence-electron chi connectivity index (χ2n) is 7.70. The number of nitro benzene ring substituents is 1. The van der Waals surface area contributed by atoms with E-state index in [0.717, 1.165) is 30.1 Å². The summed E-state index contributed by atoms with van der Waals surface area (Å²) in [5.74, 6) is 0.522. The smallest absolute Gasteiger partial charge is 0.269 e. The van der Waals surface area contributed by atoms with Gasteiger partial charge in [-0.05, 0) is 67.2 Å². The van der Waals surface area contributed by atoms with E-state index in [0.29, 0.717) is 0 Å². The predicted octanol–water partition coefficient (Wildman–Crippen LogP) is 4.72. The maximum atomic E-state index is 12.2. The number of carbonyl (C=O) groups excluding carboxylic acids is 1. The minimum absolute atomic E-state index is 0.0303. The van der Waals surface area contributed by atoms with Crippen LogP contribution in [0.4, 0.5) is 11.4 Å². The average Bonchev–Trinajstić information content (AvgIpc) is 2.72. The van der Waals surface area contributed by atoms with Crippen molar-refractivity contribution in [1.29, 1.82) is 0 Å². The van der Waals surface area contributed by atoms with E-state index >= 15 is 0 Å². The topological polar surface area (TPSA) is 75.5 Å². The molecule has 0 aliphatic carbocycles. The summed E-state index contributed by atoms with van der Waals surface area (Å²) in [6, 6.07) is 14.4. The van der Waals surface area contributed by atoms with E-state index in [4.69, 9.17) is 0 Å². The van der Waals surface area contributed by atoms with Crippen molar-refractivity contribution in [2.75, 3.05) is 18.0 Å². The van der Waals surface area contributed by atoms with Crippen LogP contribution in [0, 0.1) is 16.0 Å². The van der Waals surface area contributed by atoms with Gasteiger partial charge in [-0.1, -0.05) is 19.1 Å². The fraction of sp³-hybridized carbons (Fsp3) is 0.348. The van der Waals surface area contributed by atoms with Gasteiger partial charge in [0, 0.05) is 37.0 Å². The molecule has 0 spiro atoms. The molecule has 3 rings (SSSR count). The maximum Gasteiger partial charge on any atom is 0.269 e. The molecule has 2 aromatic carbocycles. The van der Waals surface area contributed by atoms with E-state index < -0.39 is 4.92 Å². The fourth-order valence-corrected chi connectivity index (χ4v) is 3.62. The molecule has 0 bridgehead atoms. The van der Waals surface area contributed by atoms with Crippen molar-refractivity contribution in [3.63, 3.8) is 0 Å². The van der Waals surface area contributed by atoms with Crippen LogP contribution in [0.2, 0.25) is 0 Å². The van der Waals surface area contributed by atoms with Gasteiger partial charge < -0.3 is 10.2 Å². The molecule has 2 aromatic rings. The number of anilines is 1. The van der Waals surface area contributed by atoms with Gasteiger partial charge in [-0.2, -0.15) is 0 Å². The van der Waals surface area contributed by atoms with Crippen molar-refractivity contribution in [2.24, 2.45) is 5.92 Å². The van der Waals surface area contributed by atoms with Crippen LogP contribution in [-0.2, 0) is 4.79 Å². The molecule has 6 heteroatoms. The molecule has 152 valence electrons. The predicted molar refractivity (Wildman–Crippen MR) is 116 cm³/mol. The van der Waals surface area contributed by atoms with Gasteiger partial charge in [0.25, 0.3) is 5.69 Å². The van der Waals surface area contributed by atoms with E-state index in [2.05, 4.69) is 41.4 Å². The number of piperidine rings is 1. The minimum atomic E-state index is -0.445. The number of non-ortho nitro benzene ring substituents is 1. The summed E-state index contributed by atoms with van der Waals surface area (Å²) in [6.45, 7) is 6.44. The molecule has 0 saturated carbocycles. The second kappa shape index (κ2) is 9.37.